The predicted octanol–water partition coefficient (Wildman–Crippen LogP) is 2.17. The first-order valence-electron chi connectivity index (χ1n) is 3.83. The van der Waals surface area contributed by atoms with Gasteiger partial charge in [0.15, 0.2) is 0 Å². The molecule has 0 atom stereocenters. The second-order valence-electron chi connectivity index (χ2n) is 2.63. The summed E-state index contributed by atoms with van der Waals surface area (Å²) < 4.78 is 1.19. The quantitative estimate of drug-likeness (QED) is 0.879. The molecule has 0 saturated carbocycles. The highest BCUT2D eigenvalue weighted by Crippen LogP contribution is 2.28. The highest BCUT2D eigenvalue weighted by molar-refractivity contribution is 9.10. The van der Waals surface area contributed by atoms with Crippen molar-refractivity contribution in [2.45, 2.75) is 0 Å². The highest BCUT2D eigenvalue weighted by atomic mass is 79.9. The van der Waals surface area contributed by atoms with Gasteiger partial charge in [0.25, 0.3) is 0 Å². The summed E-state index contributed by atoms with van der Waals surface area (Å²) in [5.41, 5.74) is 1.27. The molecule has 0 fully saturated rings. The van der Waals surface area contributed by atoms with Crippen molar-refractivity contribution in [3.05, 3.63) is 15.2 Å². The highest BCUT2D eigenvalue weighted by Gasteiger charge is 2.04. The van der Waals surface area contributed by atoms with E-state index in [4.69, 9.17) is 0 Å². The molecule has 0 aromatic carbocycles. The van der Waals surface area contributed by atoms with Crippen molar-refractivity contribution >= 4 is 33.0 Å². The lowest BCUT2D eigenvalue weighted by molar-refractivity contribution is 0.768. The zero-order valence-corrected chi connectivity index (χ0v) is 9.70. The Hall–Kier alpha value is -0.0600. The molecule has 1 rings (SSSR count). The van der Waals surface area contributed by atoms with Gasteiger partial charge in [-0.2, -0.15) is 0 Å². The molecule has 1 heterocycles. The van der Waals surface area contributed by atoms with E-state index in [0.717, 1.165) is 13.1 Å². The van der Waals surface area contributed by atoms with E-state index in [0.29, 0.717) is 0 Å². The lowest BCUT2D eigenvalue weighted by Gasteiger charge is -2.17. The van der Waals surface area contributed by atoms with Gasteiger partial charge < -0.3 is 10.2 Å². The normalized spacial score (nSPS) is 10.2. The van der Waals surface area contributed by atoms with Crippen molar-refractivity contribution in [2.24, 2.45) is 0 Å². The molecule has 0 unspecified atom stereocenters. The Morgan fingerprint density at radius 1 is 1.58 bits per heavy atom. The van der Waals surface area contributed by atoms with Crippen molar-refractivity contribution in [2.75, 3.05) is 32.1 Å². The molecule has 12 heavy (non-hydrogen) atoms. The number of halogens is 1. The minimum atomic E-state index is 1.01. The molecule has 0 radical (unpaired) electrons. The Morgan fingerprint density at radius 2 is 2.33 bits per heavy atom. The molecular formula is C8H13BrN2S. The fourth-order valence-electron chi connectivity index (χ4n) is 0.947. The number of nitrogens with zero attached hydrogens (tertiary/aromatic N) is 1. The summed E-state index contributed by atoms with van der Waals surface area (Å²) in [4.78, 5) is 2.23. The number of nitrogens with one attached hydrogen (secondary N) is 1. The van der Waals surface area contributed by atoms with Crippen LogP contribution in [0, 0.1) is 0 Å². The fourth-order valence-corrected chi connectivity index (χ4v) is 2.58. The van der Waals surface area contributed by atoms with Crippen LogP contribution in [0.25, 0.3) is 0 Å². The Balaban J connectivity index is 2.52. The summed E-state index contributed by atoms with van der Waals surface area (Å²) in [5, 5.41) is 7.38. The average molecular weight is 249 g/mol. The predicted molar refractivity (Wildman–Crippen MR) is 59.2 cm³/mol. The van der Waals surface area contributed by atoms with E-state index in [1.165, 1.54) is 10.2 Å². The summed E-state index contributed by atoms with van der Waals surface area (Å²) in [6.07, 6.45) is 0. The Morgan fingerprint density at radius 3 is 2.83 bits per heavy atom. The SMILES string of the molecule is CNCCN(C)c1cscc1Br. The van der Waals surface area contributed by atoms with Crippen LogP contribution in [-0.4, -0.2) is 27.2 Å². The van der Waals surface area contributed by atoms with Crippen LogP contribution in [0.5, 0.6) is 0 Å². The van der Waals surface area contributed by atoms with Gasteiger partial charge in [-0.1, -0.05) is 0 Å². The summed E-state index contributed by atoms with van der Waals surface area (Å²) >= 11 is 5.23. The maximum Gasteiger partial charge on any atom is 0.0617 e. The van der Waals surface area contributed by atoms with Gasteiger partial charge in [0, 0.05) is 30.9 Å². The van der Waals surface area contributed by atoms with Crippen LogP contribution in [-0.2, 0) is 0 Å². The van der Waals surface area contributed by atoms with E-state index < -0.39 is 0 Å². The molecule has 0 amide bonds. The first kappa shape index (κ1) is 10.0. The first-order valence-corrected chi connectivity index (χ1v) is 5.56. The second-order valence-corrected chi connectivity index (χ2v) is 4.23. The van der Waals surface area contributed by atoms with Crippen LogP contribution in [0.15, 0.2) is 15.2 Å². The fraction of sp³-hybridized carbons (Fsp3) is 0.500. The van der Waals surface area contributed by atoms with E-state index in [9.17, 15) is 0 Å². The number of hydrogen-bond acceptors (Lipinski definition) is 3. The standard InChI is InChI=1S/C8H13BrN2S/c1-10-3-4-11(2)8-6-12-5-7(8)9/h5-6,10H,3-4H2,1-2H3. The summed E-state index contributed by atoms with van der Waals surface area (Å²) in [5.74, 6) is 0. The number of hydrogen-bond donors (Lipinski definition) is 1. The van der Waals surface area contributed by atoms with Gasteiger partial charge in [0.1, 0.15) is 0 Å². The molecule has 4 heteroatoms. The molecule has 0 bridgehead atoms. The largest absolute Gasteiger partial charge is 0.372 e. The van der Waals surface area contributed by atoms with Gasteiger partial charge in [0.2, 0.25) is 0 Å². The van der Waals surface area contributed by atoms with E-state index in [1.807, 2.05) is 7.05 Å². The van der Waals surface area contributed by atoms with Crippen LogP contribution in [0.1, 0.15) is 0 Å². The van der Waals surface area contributed by atoms with Gasteiger partial charge in [-0.05, 0) is 23.0 Å². The van der Waals surface area contributed by atoms with Crippen LogP contribution in [0.2, 0.25) is 0 Å². The zero-order valence-electron chi connectivity index (χ0n) is 7.30. The molecule has 1 N–H and O–H groups in total. The molecule has 1 aromatic rings. The lowest BCUT2D eigenvalue weighted by Crippen LogP contribution is -2.26. The average Bonchev–Trinajstić information content (AvgIpc) is 2.47. The molecule has 1 aromatic heterocycles. The van der Waals surface area contributed by atoms with Crippen LogP contribution >= 0.6 is 27.3 Å². The van der Waals surface area contributed by atoms with Gasteiger partial charge in [-0.15, -0.1) is 11.3 Å². The van der Waals surface area contributed by atoms with Crippen LogP contribution in [0.3, 0.4) is 0 Å². The summed E-state index contributed by atoms with van der Waals surface area (Å²) in [6.45, 7) is 2.05. The second kappa shape index (κ2) is 4.84. The number of anilines is 1. The van der Waals surface area contributed by atoms with Crippen LogP contribution in [0.4, 0.5) is 5.69 Å². The Bertz CT molecular complexity index is 237. The maximum atomic E-state index is 3.51. The van der Waals surface area contributed by atoms with E-state index in [2.05, 4.69) is 44.0 Å². The molecule has 0 aliphatic heterocycles. The third-order valence-corrected chi connectivity index (χ3v) is 3.37. The van der Waals surface area contributed by atoms with Crippen molar-refractivity contribution < 1.29 is 0 Å². The lowest BCUT2D eigenvalue weighted by atomic mass is 10.4. The van der Waals surface area contributed by atoms with Gasteiger partial charge in [-0.3, -0.25) is 0 Å². The van der Waals surface area contributed by atoms with Crippen molar-refractivity contribution in [3.63, 3.8) is 0 Å². The number of rotatable bonds is 4. The molecule has 0 saturated heterocycles. The zero-order chi connectivity index (χ0) is 8.97. The first-order chi connectivity index (χ1) is 5.75. The molecule has 0 aliphatic rings. The maximum absolute atomic E-state index is 3.51. The minimum absolute atomic E-state index is 1.01. The van der Waals surface area contributed by atoms with Gasteiger partial charge in [-0.25, -0.2) is 0 Å². The number of likely N-dealkylation sites (N-methyl/N-ethyl adjacent to an activating group) is 2. The third kappa shape index (κ3) is 2.47. The Labute approximate surface area is 85.7 Å². The molecular weight excluding hydrogens is 236 g/mol. The van der Waals surface area contributed by atoms with Gasteiger partial charge in [0.05, 0.1) is 10.2 Å². The van der Waals surface area contributed by atoms with E-state index >= 15 is 0 Å². The van der Waals surface area contributed by atoms with E-state index in [1.54, 1.807) is 11.3 Å². The Kier molecular flexibility index (Phi) is 4.05. The van der Waals surface area contributed by atoms with Crippen molar-refractivity contribution in [1.29, 1.82) is 0 Å². The topological polar surface area (TPSA) is 15.3 Å². The van der Waals surface area contributed by atoms with E-state index in [-0.39, 0.29) is 0 Å². The minimum Gasteiger partial charge on any atom is -0.372 e. The summed E-state index contributed by atoms with van der Waals surface area (Å²) in [6, 6.07) is 0. The molecule has 0 spiro atoms. The molecule has 2 nitrogen and oxygen atoms in total. The number of thiophene rings is 1. The van der Waals surface area contributed by atoms with Crippen LogP contribution < -0.4 is 10.2 Å². The molecule has 68 valence electrons. The molecule has 0 aliphatic carbocycles. The summed E-state index contributed by atoms with van der Waals surface area (Å²) in [7, 11) is 4.07. The van der Waals surface area contributed by atoms with Gasteiger partial charge >= 0.3 is 0 Å². The van der Waals surface area contributed by atoms with Crippen molar-refractivity contribution in [1.82, 2.24) is 5.32 Å². The third-order valence-electron chi connectivity index (χ3n) is 1.70. The smallest absolute Gasteiger partial charge is 0.0617 e. The monoisotopic (exact) mass is 248 g/mol. The van der Waals surface area contributed by atoms with Crippen molar-refractivity contribution in [3.8, 4) is 0 Å².